The lowest BCUT2D eigenvalue weighted by Crippen LogP contribution is -2.30. The smallest absolute Gasteiger partial charge is 0.193 e. The zero-order valence-electron chi connectivity index (χ0n) is 15.7. The molecule has 5 heteroatoms. The van der Waals surface area contributed by atoms with Crippen LogP contribution in [0.25, 0.3) is 0 Å². The molecule has 0 amide bonds. The Morgan fingerprint density at radius 3 is 2.38 bits per heavy atom. The Morgan fingerprint density at radius 1 is 1.04 bits per heavy atom. The highest BCUT2D eigenvalue weighted by molar-refractivity contribution is 14.0. The van der Waals surface area contributed by atoms with E-state index in [9.17, 15) is 0 Å². The van der Waals surface area contributed by atoms with Gasteiger partial charge in [-0.3, -0.25) is 0 Å². The lowest BCUT2D eigenvalue weighted by atomic mass is 10.1. The molecule has 1 heterocycles. The van der Waals surface area contributed by atoms with Gasteiger partial charge in [0.25, 0.3) is 0 Å². The molecule has 0 bridgehead atoms. The van der Waals surface area contributed by atoms with Gasteiger partial charge in [0.15, 0.2) is 5.96 Å². The third-order valence-electron chi connectivity index (χ3n) is 4.60. The van der Waals surface area contributed by atoms with Gasteiger partial charge in [0.1, 0.15) is 0 Å². The summed E-state index contributed by atoms with van der Waals surface area (Å²) in [5.74, 6) is 0.457. The van der Waals surface area contributed by atoms with Gasteiger partial charge >= 0.3 is 0 Å². The predicted octanol–water partition coefficient (Wildman–Crippen LogP) is 4.84. The molecule has 26 heavy (non-hydrogen) atoms. The molecule has 140 valence electrons. The normalized spacial score (nSPS) is 14.7. The van der Waals surface area contributed by atoms with Crippen molar-refractivity contribution in [2.75, 3.05) is 23.3 Å². The van der Waals surface area contributed by atoms with Crippen LogP contribution in [0.3, 0.4) is 0 Å². The molecule has 3 rings (SSSR count). The first-order valence-electron chi connectivity index (χ1n) is 9.10. The molecule has 3 N–H and O–H groups in total. The molecule has 0 atom stereocenters. The number of anilines is 2. The van der Waals surface area contributed by atoms with Crippen LogP contribution in [0.15, 0.2) is 47.5 Å². The third-order valence-corrected chi connectivity index (χ3v) is 4.60. The minimum atomic E-state index is 0. The number of piperidine rings is 1. The van der Waals surface area contributed by atoms with Crippen molar-refractivity contribution in [1.82, 2.24) is 0 Å². The average Bonchev–Trinajstić information content (AvgIpc) is 2.60. The molecule has 1 fully saturated rings. The Bertz CT molecular complexity index is 731. The summed E-state index contributed by atoms with van der Waals surface area (Å²) in [5, 5.41) is 3.21. The summed E-state index contributed by atoms with van der Waals surface area (Å²) in [7, 11) is 0. The lowest BCUT2D eigenvalue weighted by Gasteiger charge is -2.30. The van der Waals surface area contributed by atoms with E-state index in [1.54, 1.807) is 0 Å². The van der Waals surface area contributed by atoms with Crippen LogP contribution in [-0.4, -0.2) is 19.0 Å². The minimum absolute atomic E-state index is 0. The zero-order valence-corrected chi connectivity index (χ0v) is 18.0. The molecule has 0 radical (unpaired) electrons. The van der Waals surface area contributed by atoms with E-state index in [1.165, 1.54) is 41.6 Å². The molecule has 1 aliphatic heterocycles. The molecule has 0 saturated carbocycles. The number of halogens is 1. The number of aryl methyl sites for hydroxylation is 2. The number of rotatable bonds is 4. The van der Waals surface area contributed by atoms with Crippen LogP contribution in [-0.2, 0) is 6.54 Å². The number of aliphatic imine (C=N–C) groups is 1. The number of nitrogens with zero attached hydrogens (tertiary/aromatic N) is 2. The Hall–Kier alpha value is -1.76. The Labute approximate surface area is 173 Å². The van der Waals surface area contributed by atoms with Crippen molar-refractivity contribution in [2.45, 2.75) is 39.7 Å². The van der Waals surface area contributed by atoms with Gasteiger partial charge in [-0.25, -0.2) is 4.99 Å². The van der Waals surface area contributed by atoms with Crippen molar-refractivity contribution in [1.29, 1.82) is 0 Å². The molecule has 1 saturated heterocycles. The van der Waals surface area contributed by atoms with Crippen molar-refractivity contribution < 1.29 is 0 Å². The highest BCUT2D eigenvalue weighted by Crippen LogP contribution is 2.24. The Morgan fingerprint density at radius 2 is 1.69 bits per heavy atom. The zero-order chi connectivity index (χ0) is 17.6. The van der Waals surface area contributed by atoms with Crippen molar-refractivity contribution in [3.05, 3.63) is 59.2 Å². The third kappa shape index (κ3) is 5.62. The van der Waals surface area contributed by atoms with Gasteiger partial charge in [0, 0.05) is 24.5 Å². The van der Waals surface area contributed by atoms with E-state index < -0.39 is 0 Å². The van der Waals surface area contributed by atoms with Crippen LogP contribution in [0.4, 0.5) is 11.4 Å². The predicted molar refractivity (Wildman–Crippen MR) is 123 cm³/mol. The molecular formula is C21H29IN4. The molecule has 4 nitrogen and oxygen atoms in total. The maximum atomic E-state index is 6.11. The standard InChI is InChI=1S/C21H28N4.HI/c1-16-12-17(2)14-19(13-16)24-21(22)23-15-18-8-4-5-9-20(18)25-10-6-3-7-11-25;/h4-5,8-9,12-14H,3,6-7,10-11,15H2,1-2H3,(H3,22,23,24);1H. The first kappa shape index (κ1) is 20.6. The highest BCUT2D eigenvalue weighted by Gasteiger charge is 2.13. The minimum Gasteiger partial charge on any atom is -0.371 e. The molecule has 1 aliphatic rings. The fourth-order valence-electron chi connectivity index (χ4n) is 3.49. The molecule has 2 aromatic carbocycles. The maximum Gasteiger partial charge on any atom is 0.193 e. The molecule has 2 aromatic rings. The molecule has 0 aromatic heterocycles. The molecule has 0 unspecified atom stereocenters. The first-order valence-corrected chi connectivity index (χ1v) is 9.10. The highest BCUT2D eigenvalue weighted by atomic mass is 127. The van der Waals surface area contributed by atoms with Crippen molar-refractivity contribution in [3.8, 4) is 0 Å². The SMILES string of the molecule is Cc1cc(C)cc(NC(N)=NCc2ccccc2N2CCCCC2)c1.I. The molecule has 0 aliphatic carbocycles. The summed E-state index contributed by atoms with van der Waals surface area (Å²) >= 11 is 0. The summed E-state index contributed by atoms with van der Waals surface area (Å²) in [6.45, 7) is 7.03. The quantitative estimate of drug-likeness (QED) is 0.387. The summed E-state index contributed by atoms with van der Waals surface area (Å²) < 4.78 is 0. The fraction of sp³-hybridized carbons (Fsp3) is 0.381. The Balaban J connectivity index is 0.00000243. The van der Waals surface area contributed by atoms with Crippen molar-refractivity contribution >= 4 is 41.3 Å². The molecule has 0 spiro atoms. The van der Waals surface area contributed by atoms with E-state index in [1.807, 2.05) is 0 Å². The van der Waals surface area contributed by atoms with Crippen LogP contribution in [0.1, 0.15) is 36.0 Å². The number of guanidine groups is 1. The van der Waals surface area contributed by atoms with E-state index in [4.69, 9.17) is 5.73 Å². The second-order valence-corrected chi connectivity index (χ2v) is 6.88. The topological polar surface area (TPSA) is 53.6 Å². The van der Waals surface area contributed by atoms with E-state index >= 15 is 0 Å². The number of nitrogens with one attached hydrogen (secondary N) is 1. The van der Waals surface area contributed by atoms with E-state index in [2.05, 4.69) is 71.5 Å². The van der Waals surface area contributed by atoms with Gasteiger partial charge in [0.05, 0.1) is 6.54 Å². The monoisotopic (exact) mass is 464 g/mol. The summed E-state index contributed by atoms with van der Waals surface area (Å²) in [6, 6.07) is 14.8. The van der Waals surface area contributed by atoms with Crippen LogP contribution in [0.5, 0.6) is 0 Å². The largest absolute Gasteiger partial charge is 0.371 e. The maximum absolute atomic E-state index is 6.11. The Kier molecular flexibility index (Phi) is 7.75. The van der Waals surface area contributed by atoms with Gasteiger partial charge < -0.3 is 16.0 Å². The van der Waals surface area contributed by atoms with Crippen LogP contribution >= 0.6 is 24.0 Å². The van der Waals surface area contributed by atoms with Gasteiger partial charge in [-0.15, -0.1) is 24.0 Å². The second-order valence-electron chi connectivity index (χ2n) is 6.88. The summed E-state index contributed by atoms with van der Waals surface area (Å²) in [6.07, 6.45) is 3.88. The number of hydrogen-bond acceptors (Lipinski definition) is 2. The number of para-hydroxylation sites is 1. The van der Waals surface area contributed by atoms with Crippen LogP contribution in [0.2, 0.25) is 0 Å². The van der Waals surface area contributed by atoms with E-state index in [0.717, 1.165) is 18.8 Å². The van der Waals surface area contributed by atoms with Crippen LogP contribution < -0.4 is 16.0 Å². The van der Waals surface area contributed by atoms with E-state index in [0.29, 0.717) is 12.5 Å². The van der Waals surface area contributed by atoms with Crippen molar-refractivity contribution in [3.63, 3.8) is 0 Å². The lowest BCUT2D eigenvalue weighted by molar-refractivity contribution is 0.576. The van der Waals surface area contributed by atoms with Crippen molar-refractivity contribution in [2.24, 2.45) is 10.7 Å². The number of benzene rings is 2. The first-order chi connectivity index (χ1) is 12.1. The average molecular weight is 464 g/mol. The fourth-order valence-corrected chi connectivity index (χ4v) is 3.49. The van der Waals surface area contributed by atoms with Gasteiger partial charge in [-0.2, -0.15) is 0 Å². The van der Waals surface area contributed by atoms with E-state index in [-0.39, 0.29) is 24.0 Å². The van der Waals surface area contributed by atoms with Gasteiger partial charge in [0.2, 0.25) is 0 Å². The van der Waals surface area contributed by atoms with Gasteiger partial charge in [-0.1, -0.05) is 24.3 Å². The second kappa shape index (κ2) is 9.80. The summed E-state index contributed by atoms with van der Waals surface area (Å²) in [4.78, 5) is 7.04. The number of nitrogens with two attached hydrogens (primary N) is 1. The molecular weight excluding hydrogens is 435 g/mol. The van der Waals surface area contributed by atoms with Crippen LogP contribution in [0, 0.1) is 13.8 Å². The summed E-state index contributed by atoms with van der Waals surface area (Å²) in [5.41, 5.74) is 12.1. The number of hydrogen-bond donors (Lipinski definition) is 2. The van der Waals surface area contributed by atoms with Gasteiger partial charge in [-0.05, 0) is 68.0 Å².